The van der Waals surface area contributed by atoms with Crippen LogP contribution >= 0.6 is 0 Å². The van der Waals surface area contributed by atoms with Crippen molar-refractivity contribution in [2.24, 2.45) is 0 Å². The SMILES string of the molecule is CCCCCCCCCCCCCCCC(=O)c1cccc[n+]1OCC.CCCCCCCCCCCCCCCC(=O)c1cccc[n+]1OCC.[O-]B([O-])OCCCC(c1ccccc1)(c1ccccc1)c1ccccc1. The summed E-state index contributed by atoms with van der Waals surface area (Å²) < 4.78 is 7.94. The average Bonchev–Trinajstić information content (AvgIpc) is 3.54. The number of hydrogen-bond acceptors (Lipinski definition) is 7. The number of unbranched alkanes of at least 4 members (excludes halogenated alkanes) is 24. The van der Waals surface area contributed by atoms with Crippen molar-refractivity contribution >= 4 is 18.9 Å². The largest absolute Gasteiger partial charge is 0.871 e. The van der Waals surface area contributed by atoms with Crippen LogP contribution < -0.4 is 29.2 Å². The first-order chi connectivity index (χ1) is 38.3. The van der Waals surface area contributed by atoms with Crippen LogP contribution in [0, 0.1) is 0 Å². The Balaban J connectivity index is 0.000000308. The molecule has 0 atom stereocenters. The third-order valence-electron chi connectivity index (χ3n) is 14.5. The minimum Gasteiger partial charge on any atom is -0.871 e. The van der Waals surface area contributed by atoms with Crippen LogP contribution in [0.25, 0.3) is 0 Å². The molecule has 78 heavy (non-hydrogen) atoms. The van der Waals surface area contributed by atoms with Crippen molar-refractivity contribution in [3.63, 3.8) is 0 Å². The van der Waals surface area contributed by atoms with E-state index in [1.807, 2.05) is 105 Å². The van der Waals surface area contributed by atoms with Gasteiger partial charge in [-0.15, -0.1) is 0 Å². The Morgan fingerprint density at radius 2 is 0.692 bits per heavy atom. The molecule has 0 unspecified atom stereocenters. The van der Waals surface area contributed by atoms with E-state index in [2.05, 4.69) is 50.2 Å². The van der Waals surface area contributed by atoms with Crippen LogP contribution in [0.4, 0.5) is 0 Å². The molecule has 2 aromatic heterocycles. The van der Waals surface area contributed by atoms with Gasteiger partial charge in [0.05, 0.1) is 7.32 Å². The highest BCUT2D eigenvalue weighted by Crippen LogP contribution is 2.43. The average molecular weight is 1070 g/mol. The van der Waals surface area contributed by atoms with Crippen LogP contribution in [0.1, 0.15) is 258 Å². The van der Waals surface area contributed by atoms with Crippen molar-refractivity contribution < 1.29 is 43.4 Å². The molecule has 0 aliphatic heterocycles. The Morgan fingerprint density at radius 1 is 0.397 bits per heavy atom. The van der Waals surface area contributed by atoms with Gasteiger partial charge < -0.3 is 14.7 Å². The minimum atomic E-state index is -2.23. The van der Waals surface area contributed by atoms with Crippen molar-refractivity contribution in [1.82, 2.24) is 0 Å². The summed E-state index contributed by atoms with van der Waals surface area (Å²) in [7, 11) is -2.23. The van der Waals surface area contributed by atoms with Crippen LogP contribution in [-0.2, 0) is 10.1 Å². The van der Waals surface area contributed by atoms with Crippen molar-refractivity contribution in [2.45, 2.75) is 226 Å². The van der Waals surface area contributed by atoms with Crippen molar-refractivity contribution in [2.75, 3.05) is 19.8 Å². The van der Waals surface area contributed by atoms with Crippen molar-refractivity contribution in [3.05, 3.63) is 168 Å². The Hall–Kier alpha value is -5.16. The van der Waals surface area contributed by atoms with E-state index >= 15 is 0 Å². The van der Waals surface area contributed by atoms with E-state index in [9.17, 15) is 19.6 Å². The topological polar surface area (TPSA) is 116 Å². The number of hydrogen-bond donors (Lipinski definition) is 0. The fourth-order valence-electron chi connectivity index (χ4n) is 10.3. The zero-order valence-corrected chi connectivity index (χ0v) is 48.9. The summed E-state index contributed by atoms with van der Waals surface area (Å²) in [6.45, 7) is 9.69. The maximum Gasteiger partial charge on any atom is 0.300 e. The molecular weight excluding hydrogens is 968 g/mol. The molecule has 428 valence electrons. The lowest BCUT2D eigenvalue weighted by atomic mass is 9.67. The van der Waals surface area contributed by atoms with E-state index in [0.29, 0.717) is 43.9 Å². The summed E-state index contributed by atoms with van der Waals surface area (Å²) in [5.74, 6) is 0.365. The van der Waals surface area contributed by atoms with E-state index in [-0.39, 0.29) is 23.6 Å². The van der Waals surface area contributed by atoms with Gasteiger partial charge in [0.1, 0.15) is 0 Å². The number of rotatable bonds is 42. The maximum absolute atomic E-state index is 12.3. The highest BCUT2D eigenvalue weighted by atomic mass is 16.7. The molecule has 0 amide bonds. The molecule has 5 aromatic rings. The third-order valence-corrected chi connectivity index (χ3v) is 14.5. The number of benzene rings is 3. The smallest absolute Gasteiger partial charge is 0.300 e. The molecule has 2 heterocycles. The zero-order valence-electron chi connectivity index (χ0n) is 48.9. The van der Waals surface area contributed by atoms with Crippen molar-refractivity contribution in [3.8, 4) is 0 Å². The molecule has 0 saturated heterocycles. The molecule has 10 heteroatoms. The standard InChI is InChI=1S/2C23H40NO2.C22H21BO3/c2*1-3-5-6-7-8-9-10-11-12-13-14-15-16-20-23(25)22-19-17-18-21-24(22)26-4-2;24-23(25)26-18-10-17-22(19-11-4-1-5-12-19,20-13-6-2-7-14-20)21-15-8-3-9-16-21/h2*17-19,21H,3-16,20H2,1-2H3;1-9,11-16H,10,17-18H2/q2*+1;-2. The molecular formula is C68H101BN2O7. The second-order valence-electron chi connectivity index (χ2n) is 20.8. The summed E-state index contributed by atoms with van der Waals surface area (Å²) in [5, 5.41) is 21.4. The number of nitrogens with zero attached hydrogens (tertiary/aromatic N) is 2. The predicted molar refractivity (Wildman–Crippen MR) is 317 cm³/mol. The first-order valence-corrected chi connectivity index (χ1v) is 30.8. The lowest BCUT2D eigenvalue weighted by molar-refractivity contribution is -0.892. The summed E-state index contributed by atoms with van der Waals surface area (Å²) in [6, 6.07) is 42.3. The molecule has 3 aromatic carbocycles. The quantitative estimate of drug-likeness (QED) is 0.0126. The van der Waals surface area contributed by atoms with E-state index in [1.54, 1.807) is 21.9 Å². The molecule has 0 saturated carbocycles. The van der Waals surface area contributed by atoms with Crippen LogP contribution in [0.15, 0.2) is 140 Å². The van der Waals surface area contributed by atoms with E-state index in [1.165, 1.54) is 158 Å². The second kappa shape index (κ2) is 44.7. The highest BCUT2D eigenvalue weighted by molar-refractivity contribution is 6.28. The van der Waals surface area contributed by atoms with Gasteiger partial charge in [0.2, 0.25) is 24.0 Å². The van der Waals surface area contributed by atoms with Gasteiger partial charge in [-0.2, -0.15) is 0 Å². The Bertz CT molecular complexity index is 2030. The summed E-state index contributed by atoms with van der Waals surface area (Å²) in [5.41, 5.74) is 4.49. The summed E-state index contributed by atoms with van der Waals surface area (Å²) in [6.07, 6.45) is 40.7. The lowest BCUT2D eigenvalue weighted by Gasteiger charge is -2.37. The highest BCUT2D eigenvalue weighted by Gasteiger charge is 2.35. The van der Waals surface area contributed by atoms with Gasteiger partial charge in [-0.05, 0) is 68.4 Å². The molecule has 0 aliphatic rings. The van der Waals surface area contributed by atoms with Crippen LogP contribution in [0.2, 0.25) is 0 Å². The number of carbonyl (C=O) groups is 2. The van der Waals surface area contributed by atoms with E-state index < -0.39 is 7.32 Å². The van der Waals surface area contributed by atoms with Gasteiger partial charge in [-0.25, -0.2) is 0 Å². The van der Waals surface area contributed by atoms with Gasteiger partial charge in [0.15, 0.2) is 13.2 Å². The third kappa shape index (κ3) is 28.1. The molecule has 0 fully saturated rings. The van der Waals surface area contributed by atoms with Gasteiger partial charge in [0.25, 0.3) is 11.4 Å². The first kappa shape index (κ1) is 67.1. The summed E-state index contributed by atoms with van der Waals surface area (Å²) in [4.78, 5) is 35.6. The molecule has 0 N–H and O–H groups in total. The molecule has 0 spiro atoms. The van der Waals surface area contributed by atoms with Crippen LogP contribution in [-0.4, -0.2) is 38.7 Å². The van der Waals surface area contributed by atoms with Crippen molar-refractivity contribution in [1.29, 1.82) is 0 Å². The Labute approximate surface area is 473 Å². The van der Waals surface area contributed by atoms with E-state index in [4.69, 9.17) is 14.3 Å². The Morgan fingerprint density at radius 3 is 0.987 bits per heavy atom. The Kier molecular flexibility index (Phi) is 38.4. The lowest BCUT2D eigenvalue weighted by Crippen LogP contribution is -2.48. The monoisotopic (exact) mass is 1070 g/mol. The maximum atomic E-state index is 12.3. The van der Waals surface area contributed by atoms with Crippen LogP contribution in [0.3, 0.4) is 0 Å². The van der Waals surface area contributed by atoms with Gasteiger partial charge in [-0.3, -0.25) is 19.3 Å². The predicted octanol–water partition coefficient (Wildman–Crippen LogP) is 14.7. The van der Waals surface area contributed by atoms with Crippen LogP contribution in [0.5, 0.6) is 0 Å². The van der Waals surface area contributed by atoms with E-state index in [0.717, 1.165) is 32.1 Å². The normalized spacial score (nSPS) is 11.0. The minimum absolute atomic E-state index is 0.159. The number of Topliss-reactive ketones (excluding diaryl/α,β-unsaturated/α-hetero) is 2. The number of carbonyl (C=O) groups excluding carboxylic acids is 2. The first-order valence-electron chi connectivity index (χ1n) is 30.8. The second-order valence-corrected chi connectivity index (χ2v) is 20.8. The molecule has 0 radical (unpaired) electrons. The molecule has 0 aliphatic carbocycles. The zero-order chi connectivity index (χ0) is 56.0. The molecule has 9 nitrogen and oxygen atoms in total. The fourth-order valence-corrected chi connectivity index (χ4v) is 10.3. The number of pyridine rings is 2. The number of aromatic nitrogens is 2. The van der Waals surface area contributed by atoms with Gasteiger partial charge in [-0.1, -0.05) is 259 Å². The molecule has 0 bridgehead atoms. The summed E-state index contributed by atoms with van der Waals surface area (Å²) >= 11 is 0. The number of ketones is 2. The van der Waals surface area contributed by atoms with Gasteiger partial charge >= 0.3 is 0 Å². The fraction of sp³-hybridized carbons (Fsp3) is 0.559. The molecule has 5 rings (SSSR count). The van der Waals surface area contributed by atoms with Gasteiger partial charge in [0, 0.05) is 58.6 Å².